The topological polar surface area (TPSA) is 143 Å². The zero-order valence-corrected chi connectivity index (χ0v) is 18.4. The number of nitrogens with one attached hydrogen (secondary N) is 2. The molecule has 1 heterocycles. The molecular formula is C24H24N4O6. The lowest BCUT2D eigenvalue weighted by Crippen LogP contribution is -2.37. The maximum Gasteiger partial charge on any atom is 0.407 e. The predicted octanol–water partition coefficient (Wildman–Crippen LogP) is 1.63. The number of carboxylic acid groups (broad SMARTS) is 1. The minimum atomic E-state index is -1.72. The maximum atomic E-state index is 12.4. The fourth-order valence-corrected chi connectivity index (χ4v) is 4.08. The molecule has 0 radical (unpaired) electrons. The number of carbonyl (C=O) groups is 3. The van der Waals surface area contributed by atoms with Crippen LogP contribution in [0.1, 0.15) is 33.1 Å². The van der Waals surface area contributed by atoms with Crippen molar-refractivity contribution in [1.82, 2.24) is 20.4 Å². The van der Waals surface area contributed by atoms with Gasteiger partial charge in [-0.1, -0.05) is 48.5 Å². The molecule has 176 valence electrons. The van der Waals surface area contributed by atoms with Crippen LogP contribution in [0.2, 0.25) is 0 Å². The number of nitrogens with zero attached hydrogens (tertiary/aromatic N) is 2. The van der Waals surface area contributed by atoms with Crippen molar-refractivity contribution < 1.29 is 29.3 Å². The van der Waals surface area contributed by atoms with E-state index in [0.29, 0.717) is 5.56 Å². The molecule has 0 aliphatic heterocycles. The van der Waals surface area contributed by atoms with E-state index in [9.17, 15) is 19.5 Å². The van der Waals surface area contributed by atoms with E-state index in [-0.39, 0.29) is 24.8 Å². The molecule has 4 N–H and O–H groups in total. The van der Waals surface area contributed by atoms with Crippen LogP contribution in [0.15, 0.2) is 54.7 Å². The van der Waals surface area contributed by atoms with Gasteiger partial charge in [0.1, 0.15) is 12.3 Å². The number of aliphatic hydroxyl groups is 1. The van der Waals surface area contributed by atoms with Crippen molar-refractivity contribution in [2.75, 3.05) is 13.2 Å². The number of benzene rings is 2. The number of hydrogen-bond donors (Lipinski definition) is 4. The minimum absolute atomic E-state index is 0.0191. The highest BCUT2D eigenvalue weighted by Gasteiger charge is 2.29. The fourth-order valence-electron chi connectivity index (χ4n) is 4.08. The maximum absolute atomic E-state index is 12.4. The van der Waals surface area contributed by atoms with Gasteiger partial charge >= 0.3 is 12.1 Å². The number of amides is 2. The number of aromatic nitrogens is 2. The summed E-state index contributed by atoms with van der Waals surface area (Å²) in [5, 5.41) is 27.1. The van der Waals surface area contributed by atoms with E-state index in [1.165, 1.54) is 10.9 Å². The third-order valence-corrected chi connectivity index (χ3v) is 5.74. The van der Waals surface area contributed by atoms with Gasteiger partial charge in [0.2, 0.25) is 0 Å². The Kier molecular flexibility index (Phi) is 6.60. The van der Waals surface area contributed by atoms with Crippen molar-refractivity contribution in [3.63, 3.8) is 0 Å². The number of carbonyl (C=O) groups excluding carboxylic acids is 2. The second-order valence-electron chi connectivity index (χ2n) is 7.89. The largest absolute Gasteiger partial charge is 0.479 e. The van der Waals surface area contributed by atoms with Crippen LogP contribution in [-0.2, 0) is 23.1 Å². The van der Waals surface area contributed by atoms with Gasteiger partial charge in [-0.3, -0.25) is 9.48 Å². The molecule has 10 heteroatoms. The van der Waals surface area contributed by atoms with Gasteiger partial charge in [-0.05, 0) is 22.3 Å². The van der Waals surface area contributed by atoms with E-state index < -0.39 is 30.6 Å². The second-order valence-corrected chi connectivity index (χ2v) is 7.89. The highest BCUT2D eigenvalue weighted by atomic mass is 16.5. The van der Waals surface area contributed by atoms with E-state index in [4.69, 9.17) is 9.84 Å². The molecule has 1 aromatic heterocycles. The van der Waals surface area contributed by atoms with Gasteiger partial charge in [0.15, 0.2) is 6.10 Å². The minimum Gasteiger partial charge on any atom is -0.479 e. The lowest BCUT2D eigenvalue weighted by Gasteiger charge is -2.15. The number of aryl methyl sites for hydroxylation is 1. The molecule has 10 nitrogen and oxygen atoms in total. The van der Waals surface area contributed by atoms with Gasteiger partial charge in [0.05, 0.1) is 19.3 Å². The Labute approximate surface area is 195 Å². The number of hydrogen-bond acceptors (Lipinski definition) is 6. The summed E-state index contributed by atoms with van der Waals surface area (Å²) in [4.78, 5) is 35.6. The fraction of sp³-hybridized carbons (Fsp3) is 0.250. The molecule has 0 saturated carbocycles. The molecule has 0 saturated heterocycles. The molecule has 3 aromatic rings. The Morgan fingerprint density at radius 3 is 2.29 bits per heavy atom. The summed E-state index contributed by atoms with van der Waals surface area (Å²) in [5.74, 6) is -2.13. The van der Waals surface area contributed by atoms with Crippen LogP contribution in [0.4, 0.5) is 4.79 Å². The molecule has 1 aliphatic rings. The number of aliphatic carboxylic acids is 1. The van der Waals surface area contributed by atoms with Crippen LogP contribution in [-0.4, -0.2) is 57.2 Å². The van der Waals surface area contributed by atoms with Gasteiger partial charge in [-0.25, -0.2) is 9.59 Å². The third-order valence-electron chi connectivity index (χ3n) is 5.74. The SMILES string of the molecule is Cn1ncc(CNC(=O)OCC2c3ccccc3-c3ccccc32)c1C(=O)NC[C@H](O)C(=O)O. The van der Waals surface area contributed by atoms with Gasteiger partial charge in [0.25, 0.3) is 5.91 Å². The van der Waals surface area contributed by atoms with Crippen molar-refractivity contribution in [1.29, 1.82) is 0 Å². The molecule has 0 bridgehead atoms. The Morgan fingerprint density at radius 1 is 1.06 bits per heavy atom. The lowest BCUT2D eigenvalue weighted by molar-refractivity contribution is -0.146. The molecule has 0 unspecified atom stereocenters. The number of ether oxygens (including phenoxy) is 1. The first-order valence-electron chi connectivity index (χ1n) is 10.7. The first-order valence-corrected chi connectivity index (χ1v) is 10.7. The summed E-state index contributed by atoms with van der Waals surface area (Å²) < 4.78 is 6.80. The number of fused-ring (bicyclic) bond motifs is 3. The molecular weight excluding hydrogens is 440 g/mol. The third kappa shape index (κ3) is 4.62. The van der Waals surface area contributed by atoms with Crippen molar-refractivity contribution in [2.45, 2.75) is 18.6 Å². The molecule has 1 atom stereocenters. The quantitative estimate of drug-likeness (QED) is 0.397. The summed E-state index contributed by atoms with van der Waals surface area (Å²) >= 11 is 0. The average molecular weight is 464 g/mol. The second kappa shape index (κ2) is 9.75. The average Bonchev–Trinajstić information content (AvgIpc) is 3.37. The van der Waals surface area contributed by atoms with Gasteiger partial charge < -0.3 is 25.6 Å². The summed E-state index contributed by atoms with van der Waals surface area (Å²) in [7, 11) is 1.54. The number of rotatable bonds is 8. The van der Waals surface area contributed by atoms with Gasteiger partial charge in [-0.15, -0.1) is 0 Å². The molecule has 0 spiro atoms. The van der Waals surface area contributed by atoms with Crippen molar-refractivity contribution in [3.8, 4) is 11.1 Å². The molecule has 2 aromatic carbocycles. The van der Waals surface area contributed by atoms with Crippen LogP contribution in [0.25, 0.3) is 11.1 Å². The number of alkyl carbamates (subject to hydrolysis) is 1. The van der Waals surface area contributed by atoms with E-state index in [0.717, 1.165) is 22.3 Å². The summed E-state index contributed by atoms with van der Waals surface area (Å²) in [6.07, 6.45) is -0.940. The van der Waals surface area contributed by atoms with Crippen LogP contribution in [0.5, 0.6) is 0 Å². The number of aliphatic hydroxyl groups excluding tert-OH is 1. The molecule has 0 fully saturated rings. The summed E-state index contributed by atoms with van der Waals surface area (Å²) in [5.41, 5.74) is 5.02. The normalized spacial score (nSPS) is 13.0. The summed E-state index contributed by atoms with van der Waals surface area (Å²) in [6, 6.07) is 16.1. The Hall–Kier alpha value is -4.18. The van der Waals surface area contributed by atoms with E-state index in [1.54, 1.807) is 7.05 Å². The monoisotopic (exact) mass is 464 g/mol. The Balaban J connectivity index is 1.36. The van der Waals surface area contributed by atoms with Crippen LogP contribution >= 0.6 is 0 Å². The highest BCUT2D eigenvalue weighted by Crippen LogP contribution is 2.44. The predicted molar refractivity (Wildman–Crippen MR) is 121 cm³/mol. The van der Waals surface area contributed by atoms with E-state index >= 15 is 0 Å². The van der Waals surface area contributed by atoms with Crippen molar-refractivity contribution in [2.24, 2.45) is 7.05 Å². The smallest absolute Gasteiger partial charge is 0.407 e. The zero-order valence-electron chi connectivity index (χ0n) is 18.4. The lowest BCUT2D eigenvalue weighted by atomic mass is 9.98. The van der Waals surface area contributed by atoms with E-state index in [1.807, 2.05) is 36.4 Å². The first-order chi connectivity index (χ1) is 16.4. The molecule has 4 rings (SSSR count). The standard InChI is InChI=1S/C24H24N4O6/c1-28-21(22(30)25-12-20(29)23(31)32)14(11-27-28)10-26-24(33)34-13-19-17-8-4-2-6-15(17)16-7-3-5-9-18(16)19/h2-9,11,19-20,29H,10,12-13H2,1H3,(H,25,30)(H,26,33)(H,31,32)/t20-/m0/s1. The molecule has 34 heavy (non-hydrogen) atoms. The van der Waals surface area contributed by atoms with Crippen LogP contribution in [0.3, 0.4) is 0 Å². The van der Waals surface area contributed by atoms with Gasteiger partial charge in [-0.2, -0.15) is 5.10 Å². The molecule has 2 amide bonds. The Bertz CT molecular complexity index is 1190. The van der Waals surface area contributed by atoms with Crippen LogP contribution in [0, 0.1) is 0 Å². The van der Waals surface area contributed by atoms with Gasteiger partial charge in [0, 0.05) is 18.5 Å². The summed E-state index contributed by atoms with van der Waals surface area (Å²) in [6.45, 7) is -0.319. The van der Waals surface area contributed by atoms with E-state index in [2.05, 4.69) is 27.9 Å². The molecule has 1 aliphatic carbocycles. The first kappa shape index (κ1) is 23.0. The van der Waals surface area contributed by atoms with Crippen molar-refractivity contribution in [3.05, 3.63) is 77.1 Å². The van der Waals surface area contributed by atoms with Crippen molar-refractivity contribution >= 4 is 18.0 Å². The highest BCUT2D eigenvalue weighted by molar-refractivity contribution is 5.94. The van der Waals surface area contributed by atoms with Crippen LogP contribution < -0.4 is 10.6 Å². The number of carboxylic acids is 1. The Morgan fingerprint density at radius 2 is 1.68 bits per heavy atom. The zero-order chi connectivity index (χ0) is 24.2.